The highest BCUT2D eigenvalue weighted by atomic mass is 32.2. The number of carbonyl (C=O) groups is 2. The molecule has 8 heteroatoms. The Morgan fingerprint density at radius 3 is 2.23 bits per heavy atom. The number of hydrogen-bond acceptors (Lipinski definition) is 6. The van der Waals surface area contributed by atoms with Crippen molar-refractivity contribution in [3.8, 4) is 10.6 Å². The van der Waals surface area contributed by atoms with Crippen molar-refractivity contribution in [3.63, 3.8) is 0 Å². The van der Waals surface area contributed by atoms with Crippen molar-refractivity contribution in [1.29, 1.82) is 0 Å². The number of aromatic nitrogens is 2. The molecule has 0 aliphatic heterocycles. The zero-order valence-electron chi connectivity index (χ0n) is 19.3. The van der Waals surface area contributed by atoms with Gasteiger partial charge in [-0.2, -0.15) is 0 Å². The van der Waals surface area contributed by atoms with Crippen LogP contribution in [0.4, 0.5) is 5.13 Å². The van der Waals surface area contributed by atoms with Crippen molar-refractivity contribution >= 4 is 40.0 Å². The molecule has 0 bridgehead atoms. The summed E-state index contributed by atoms with van der Waals surface area (Å²) in [5.74, 6) is 0.0967. The fourth-order valence-corrected chi connectivity index (χ4v) is 5.14. The normalized spacial score (nSPS) is 11.6. The number of rotatable bonds is 10. The summed E-state index contributed by atoms with van der Waals surface area (Å²) in [6.07, 6.45) is 0.166. The molecule has 178 valence electrons. The van der Waals surface area contributed by atoms with Gasteiger partial charge in [-0.15, -0.1) is 22.0 Å². The molecule has 0 aliphatic rings. The van der Waals surface area contributed by atoms with Gasteiger partial charge in [-0.1, -0.05) is 90.2 Å². The van der Waals surface area contributed by atoms with Gasteiger partial charge in [-0.3, -0.25) is 9.59 Å². The Labute approximate surface area is 213 Å². The summed E-state index contributed by atoms with van der Waals surface area (Å²) in [6, 6.07) is 29.3. The standard InChI is InChI=1S/C27H26N4O2S2/c1-20(21-11-5-2-6-12-21)31(25(33)19-34-23-15-9-4-10-16-23)18-17-24(32)28-27-30-29-26(35-27)22-13-7-3-8-14-22/h2-16,20H,17-19H2,1H3,(H,28,30,32). The van der Waals surface area contributed by atoms with Crippen molar-refractivity contribution in [3.05, 3.63) is 96.6 Å². The lowest BCUT2D eigenvalue weighted by atomic mass is 10.1. The number of nitrogens with one attached hydrogen (secondary N) is 1. The van der Waals surface area contributed by atoms with Crippen LogP contribution in [0.3, 0.4) is 0 Å². The van der Waals surface area contributed by atoms with E-state index in [2.05, 4.69) is 15.5 Å². The van der Waals surface area contributed by atoms with Gasteiger partial charge in [0.2, 0.25) is 16.9 Å². The molecule has 4 aromatic rings. The maximum absolute atomic E-state index is 13.2. The summed E-state index contributed by atoms with van der Waals surface area (Å²) in [6.45, 7) is 2.30. The summed E-state index contributed by atoms with van der Waals surface area (Å²) in [5.41, 5.74) is 1.98. The van der Waals surface area contributed by atoms with Crippen molar-refractivity contribution in [2.75, 3.05) is 17.6 Å². The highest BCUT2D eigenvalue weighted by molar-refractivity contribution is 8.00. The first-order chi connectivity index (χ1) is 17.1. The average molecular weight is 503 g/mol. The molecule has 35 heavy (non-hydrogen) atoms. The lowest BCUT2D eigenvalue weighted by Gasteiger charge is -2.29. The van der Waals surface area contributed by atoms with E-state index in [1.807, 2.05) is 97.9 Å². The van der Waals surface area contributed by atoms with E-state index in [-0.39, 0.29) is 24.3 Å². The first-order valence-electron chi connectivity index (χ1n) is 11.3. The SMILES string of the molecule is CC(c1ccccc1)N(CCC(=O)Nc1nnc(-c2ccccc2)s1)C(=O)CSc1ccccc1. The molecule has 4 rings (SSSR count). The van der Waals surface area contributed by atoms with Gasteiger partial charge >= 0.3 is 0 Å². The fraction of sp³-hybridized carbons (Fsp3) is 0.185. The monoisotopic (exact) mass is 502 g/mol. The van der Waals surface area contributed by atoms with Gasteiger partial charge in [0.25, 0.3) is 0 Å². The predicted molar refractivity (Wildman–Crippen MR) is 142 cm³/mol. The van der Waals surface area contributed by atoms with Crippen LogP contribution >= 0.6 is 23.1 Å². The van der Waals surface area contributed by atoms with E-state index in [0.717, 1.165) is 21.0 Å². The Bertz CT molecular complexity index is 1230. The third kappa shape index (κ3) is 7.00. The molecule has 0 saturated carbocycles. The van der Waals surface area contributed by atoms with Crippen molar-refractivity contribution in [2.24, 2.45) is 0 Å². The van der Waals surface area contributed by atoms with E-state index in [1.54, 1.807) is 4.90 Å². The van der Waals surface area contributed by atoms with Gasteiger partial charge in [0.05, 0.1) is 11.8 Å². The van der Waals surface area contributed by atoms with E-state index >= 15 is 0 Å². The van der Waals surface area contributed by atoms with Crippen LogP contribution in [0.5, 0.6) is 0 Å². The van der Waals surface area contributed by atoms with Crippen LogP contribution in [0.25, 0.3) is 10.6 Å². The summed E-state index contributed by atoms with van der Waals surface area (Å²) in [4.78, 5) is 28.7. The summed E-state index contributed by atoms with van der Waals surface area (Å²) in [5, 5.41) is 12.3. The van der Waals surface area contributed by atoms with Crippen LogP contribution in [0.2, 0.25) is 0 Å². The minimum atomic E-state index is -0.200. The minimum Gasteiger partial charge on any atom is -0.335 e. The van der Waals surface area contributed by atoms with Crippen LogP contribution in [0, 0.1) is 0 Å². The zero-order chi connectivity index (χ0) is 24.5. The van der Waals surface area contributed by atoms with Gasteiger partial charge in [0.15, 0.2) is 0 Å². The smallest absolute Gasteiger partial charge is 0.233 e. The van der Waals surface area contributed by atoms with Crippen LogP contribution < -0.4 is 5.32 Å². The Hall–Kier alpha value is -3.49. The number of thioether (sulfide) groups is 1. The molecule has 1 N–H and O–H groups in total. The third-order valence-corrected chi connectivity index (χ3v) is 7.33. The Morgan fingerprint density at radius 2 is 1.54 bits per heavy atom. The number of nitrogens with zero attached hydrogens (tertiary/aromatic N) is 3. The molecule has 6 nitrogen and oxygen atoms in total. The fourth-order valence-electron chi connectivity index (χ4n) is 3.57. The van der Waals surface area contributed by atoms with Gasteiger partial charge in [-0.05, 0) is 24.6 Å². The van der Waals surface area contributed by atoms with Crippen molar-refractivity contribution < 1.29 is 9.59 Å². The van der Waals surface area contributed by atoms with Crippen LogP contribution in [-0.4, -0.2) is 39.2 Å². The highest BCUT2D eigenvalue weighted by Gasteiger charge is 2.22. The Morgan fingerprint density at radius 1 is 0.914 bits per heavy atom. The summed E-state index contributed by atoms with van der Waals surface area (Å²) in [7, 11) is 0. The first-order valence-corrected chi connectivity index (χ1v) is 13.1. The van der Waals surface area contributed by atoms with Crippen LogP contribution in [0.15, 0.2) is 95.9 Å². The van der Waals surface area contributed by atoms with Gasteiger partial charge in [-0.25, -0.2) is 0 Å². The predicted octanol–water partition coefficient (Wildman–Crippen LogP) is 5.92. The van der Waals surface area contributed by atoms with Gasteiger partial charge in [0.1, 0.15) is 5.01 Å². The maximum Gasteiger partial charge on any atom is 0.233 e. The van der Waals surface area contributed by atoms with Crippen LogP contribution in [-0.2, 0) is 9.59 Å². The first kappa shape index (κ1) is 24.6. The summed E-state index contributed by atoms with van der Waals surface area (Å²) >= 11 is 2.82. The molecule has 0 aliphatic carbocycles. The molecule has 0 fully saturated rings. The topological polar surface area (TPSA) is 75.2 Å². The molecule has 1 heterocycles. The van der Waals surface area contributed by atoms with Crippen molar-refractivity contribution in [1.82, 2.24) is 15.1 Å². The largest absolute Gasteiger partial charge is 0.335 e. The Balaban J connectivity index is 1.39. The van der Waals surface area contributed by atoms with Gasteiger partial charge < -0.3 is 10.2 Å². The molecular formula is C27H26N4O2S2. The molecular weight excluding hydrogens is 476 g/mol. The average Bonchev–Trinajstić information content (AvgIpc) is 3.37. The van der Waals surface area contributed by atoms with E-state index in [4.69, 9.17) is 0 Å². The molecule has 3 aromatic carbocycles. The molecule has 1 aromatic heterocycles. The maximum atomic E-state index is 13.2. The van der Waals surface area contributed by atoms with Crippen LogP contribution in [0.1, 0.15) is 24.9 Å². The lowest BCUT2D eigenvalue weighted by molar-refractivity contribution is -0.131. The van der Waals surface area contributed by atoms with E-state index in [0.29, 0.717) is 17.4 Å². The number of anilines is 1. The number of hydrogen-bond donors (Lipinski definition) is 1. The second-order valence-corrected chi connectivity index (χ2v) is 9.88. The third-order valence-electron chi connectivity index (χ3n) is 5.45. The number of carbonyl (C=O) groups excluding carboxylic acids is 2. The number of amides is 2. The minimum absolute atomic E-state index is 0.00900. The Kier molecular flexibility index (Phi) is 8.64. The second-order valence-electron chi connectivity index (χ2n) is 7.85. The van der Waals surface area contributed by atoms with E-state index in [9.17, 15) is 9.59 Å². The molecule has 0 spiro atoms. The number of benzene rings is 3. The molecule has 0 radical (unpaired) electrons. The molecule has 1 atom stereocenters. The van der Waals surface area contributed by atoms with Crippen molar-refractivity contribution in [2.45, 2.75) is 24.3 Å². The quantitative estimate of drug-likeness (QED) is 0.273. The van der Waals surface area contributed by atoms with E-state index in [1.165, 1.54) is 23.1 Å². The second kappa shape index (κ2) is 12.3. The lowest BCUT2D eigenvalue weighted by Crippen LogP contribution is -2.37. The molecule has 1 unspecified atom stereocenters. The van der Waals surface area contributed by atoms with E-state index < -0.39 is 0 Å². The molecule has 2 amide bonds. The highest BCUT2D eigenvalue weighted by Crippen LogP contribution is 2.27. The van der Waals surface area contributed by atoms with Gasteiger partial charge in [0, 0.05) is 23.4 Å². The zero-order valence-corrected chi connectivity index (χ0v) is 21.0. The summed E-state index contributed by atoms with van der Waals surface area (Å²) < 4.78 is 0. The molecule has 0 saturated heterocycles.